The van der Waals surface area contributed by atoms with Crippen LogP contribution in [0, 0.1) is 0 Å². The molecule has 0 aliphatic heterocycles. The van der Waals surface area contributed by atoms with E-state index in [9.17, 15) is 4.79 Å². The number of hydrogen-bond acceptors (Lipinski definition) is 4. The summed E-state index contributed by atoms with van der Waals surface area (Å²) >= 11 is 6.37. The highest BCUT2D eigenvalue weighted by Crippen LogP contribution is 2.35. The summed E-state index contributed by atoms with van der Waals surface area (Å²) in [5.74, 6) is 1.11. The van der Waals surface area contributed by atoms with Gasteiger partial charge in [-0.15, -0.1) is 0 Å². The Kier molecular flexibility index (Phi) is 6.67. The molecule has 0 saturated heterocycles. The van der Waals surface area contributed by atoms with Gasteiger partial charge in [0, 0.05) is 29.1 Å². The van der Waals surface area contributed by atoms with Crippen molar-refractivity contribution >= 4 is 17.5 Å². The highest BCUT2D eigenvalue weighted by Gasteiger charge is 2.23. The third-order valence-electron chi connectivity index (χ3n) is 3.78. The Balaban J connectivity index is 2.48. The summed E-state index contributed by atoms with van der Waals surface area (Å²) in [5.41, 5.74) is 7.31. The Morgan fingerprint density at radius 2 is 1.88 bits per heavy atom. The van der Waals surface area contributed by atoms with Gasteiger partial charge in [-0.2, -0.15) is 0 Å². The predicted octanol–water partition coefficient (Wildman–Crippen LogP) is 3.30. The number of methoxy groups -OCH3 is 2. The fourth-order valence-corrected chi connectivity index (χ4v) is 2.85. The quantitative estimate of drug-likeness (QED) is 0.792. The Bertz CT molecular complexity index is 734. The van der Waals surface area contributed by atoms with Gasteiger partial charge in [0.15, 0.2) is 0 Å². The zero-order chi connectivity index (χ0) is 18.4. The number of nitrogens with one attached hydrogen (secondary N) is 1. The lowest BCUT2D eigenvalue weighted by Gasteiger charge is -2.23. The molecule has 134 valence electrons. The molecule has 25 heavy (non-hydrogen) atoms. The maximum absolute atomic E-state index is 12.3. The van der Waals surface area contributed by atoms with Crippen LogP contribution in [0.5, 0.6) is 11.5 Å². The molecule has 0 heterocycles. The first-order valence-corrected chi connectivity index (χ1v) is 8.35. The van der Waals surface area contributed by atoms with Crippen molar-refractivity contribution in [3.63, 3.8) is 0 Å². The van der Waals surface area contributed by atoms with Crippen LogP contribution >= 0.6 is 11.6 Å². The first kappa shape index (κ1) is 19.1. The third kappa shape index (κ3) is 4.87. The minimum Gasteiger partial charge on any atom is -0.497 e. The first-order valence-electron chi connectivity index (χ1n) is 7.97. The van der Waals surface area contributed by atoms with Gasteiger partial charge in [-0.25, -0.2) is 0 Å². The largest absolute Gasteiger partial charge is 0.497 e. The van der Waals surface area contributed by atoms with E-state index < -0.39 is 6.04 Å². The van der Waals surface area contributed by atoms with Crippen LogP contribution in [-0.2, 0) is 4.79 Å². The molecule has 2 rings (SSSR count). The molecule has 3 N–H and O–H groups in total. The third-order valence-corrected chi connectivity index (χ3v) is 4.12. The Hall–Kier alpha value is -2.24. The van der Waals surface area contributed by atoms with E-state index in [1.165, 1.54) is 0 Å². The van der Waals surface area contributed by atoms with Crippen LogP contribution < -0.4 is 20.5 Å². The summed E-state index contributed by atoms with van der Waals surface area (Å²) in [6, 6.07) is 12.2. The molecule has 0 aromatic heterocycles. The van der Waals surface area contributed by atoms with Crippen LogP contribution in [0.3, 0.4) is 0 Å². The van der Waals surface area contributed by atoms with E-state index >= 15 is 0 Å². The maximum Gasteiger partial charge on any atom is 0.222 e. The second-order valence-electron chi connectivity index (χ2n) is 5.81. The fraction of sp³-hybridized carbons (Fsp3) is 0.316. The zero-order valence-electron chi connectivity index (χ0n) is 14.6. The number of halogens is 1. The van der Waals surface area contributed by atoms with Crippen LogP contribution in [0.15, 0.2) is 42.5 Å². The predicted molar refractivity (Wildman–Crippen MR) is 99.3 cm³/mol. The summed E-state index contributed by atoms with van der Waals surface area (Å²) in [6.45, 7) is 1.79. The van der Waals surface area contributed by atoms with Gasteiger partial charge in [0.2, 0.25) is 5.91 Å². The summed E-state index contributed by atoms with van der Waals surface area (Å²) < 4.78 is 10.7. The monoisotopic (exact) mass is 362 g/mol. The minimum atomic E-state index is -0.458. The zero-order valence-corrected chi connectivity index (χ0v) is 15.3. The van der Waals surface area contributed by atoms with E-state index in [1.54, 1.807) is 33.3 Å². The Morgan fingerprint density at radius 3 is 2.48 bits per heavy atom. The number of carbonyl (C=O) groups is 1. The van der Waals surface area contributed by atoms with Crippen LogP contribution in [0.25, 0.3) is 0 Å². The van der Waals surface area contributed by atoms with E-state index in [0.29, 0.717) is 16.5 Å². The van der Waals surface area contributed by atoms with E-state index in [4.69, 9.17) is 26.8 Å². The van der Waals surface area contributed by atoms with Gasteiger partial charge in [-0.05, 0) is 30.7 Å². The lowest BCUT2D eigenvalue weighted by Crippen LogP contribution is -2.33. The second kappa shape index (κ2) is 8.74. The first-order chi connectivity index (χ1) is 12.0. The van der Waals surface area contributed by atoms with Crippen molar-refractivity contribution in [3.05, 3.63) is 58.6 Å². The molecule has 6 heteroatoms. The molecule has 0 spiro atoms. The molecule has 0 aliphatic rings. The average Bonchev–Trinajstić information content (AvgIpc) is 2.59. The van der Waals surface area contributed by atoms with Crippen molar-refractivity contribution in [2.45, 2.75) is 25.4 Å². The van der Waals surface area contributed by atoms with Crippen LogP contribution in [-0.4, -0.2) is 26.2 Å². The highest BCUT2D eigenvalue weighted by atomic mass is 35.5. The standard InChI is InChI=1S/C19H23ClN2O3/c1-12(21)10-18(23)22-19(14-6-4-5-7-16(14)20)15-9-8-13(24-2)11-17(15)25-3/h4-9,11-12,19H,10,21H2,1-3H3,(H,22,23). The Labute approximate surface area is 153 Å². The number of amides is 1. The molecular formula is C19H23ClN2O3. The number of benzene rings is 2. The number of hydrogen-bond donors (Lipinski definition) is 2. The molecule has 1 amide bonds. The smallest absolute Gasteiger partial charge is 0.222 e. The molecule has 0 saturated carbocycles. The summed E-state index contributed by atoms with van der Waals surface area (Å²) in [5, 5.41) is 3.57. The van der Waals surface area contributed by atoms with Crippen molar-refractivity contribution < 1.29 is 14.3 Å². The van der Waals surface area contributed by atoms with E-state index in [0.717, 1.165) is 11.1 Å². The van der Waals surface area contributed by atoms with Gasteiger partial charge >= 0.3 is 0 Å². The van der Waals surface area contributed by atoms with Gasteiger partial charge in [0.1, 0.15) is 11.5 Å². The fourth-order valence-electron chi connectivity index (χ4n) is 2.60. The molecule has 2 atom stereocenters. The van der Waals surface area contributed by atoms with Crippen molar-refractivity contribution in [2.75, 3.05) is 14.2 Å². The summed E-state index contributed by atoms with van der Waals surface area (Å²) in [7, 11) is 3.16. The SMILES string of the molecule is COc1ccc(C(NC(=O)CC(C)N)c2ccccc2Cl)c(OC)c1. The van der Waals surface area contributed by atoms with Crippen molar-refractivity contribution in [1.82, 2.24) is 5.32 Å². The van der Waals surface area contributed by atoms with Crippen molar-refractivity contribution in [2.24, 2.45) is 5.73 Å². The molecule has 0 bridgehead atoms. The molecule has 0 aliphatic carbocycles. The van der Waals surface area contributed by atoms with Gasteiger partial charge in [-0.1, -0.05) is 29.8 Å². The van der Waals surface area contributed by atoms with Crippen LogP contribution in [0.4, 0.5) is 0 Å². The second-order valence-corrected chi connectivity index (χ2v) is 6.22. The number of nitrogens with two attached hydrogens (primary N) is 1. The van der Waals surface area contributed by atoms with Crippen molar-refractivity contribution in [1.29, 1.82) is 0 Å². The number of carbonyl (C=O) groups excluding carboxylic acids is 1. The van der Waals surface area contributed by atoms with Gasteiger partial charge in [0.05, 0.1) is 20.3 Å². The molecule has 2 aromatic carbocycles. The minimum absolute atomic E-state index is 0.155. The van der Waals surface area contributed by atoms with Gasteiger partial charge < -0.3 is 20.5 Å². The molecular weight excluding hydrogens is 340 g/mol. The Morgan fingerprint density at radius 1 is 1.16 bits per heavy atom. The van der Waals surface area contributed by atoms with Crippen LogP contribution in [0.1, 0.15) is 30.5 Å². The van der Waals surface area contributed by atoms with E-state index in [1.807, 2.05) is 30.3 Å². The summed E-state index contributed by atoms with van der Waals surface area (Å²) in [4.78, 5) is 12.3. The number of rotatable bonds is 7. The molecule has 0 fully saturated rings. The highest BCUT2D eigenvalue weighted by molar-refractivity contribution is 6.31. The van der Waals surface area contributed by atoms with Gasteiger partial charge in [0.25, 0.3) is 0 Å². The van der Waals surface area contributed by atoms with Crippen molar-refractivity contribution in [3.8, 4) is 11.5 Å². The summed E-state index contributed by atoms with van der Waals surface area (Å²) in [6.07, 6.45) is 0.222. The molecule has 2 unspecified atom stereocenters. The van der Waals surface area contributed by atoms with E-state index in [-0.39, 0.29) is 18.4 Å². The lowest BCUT2D eigenvalue weighted by molar-refractivity contribution is -0.121. The maximum atomic E-state index is 12.3. The topological polar surface area (TPSA) is 73.6 Å². The molecule has 5 nitrogen and oxygen atoms in total. The molecule has 2 aromatic rings. The van der Waals surface area contributed by atoms with Crippen LogP contribution in [0.2, 0.25) is 5.02 Å². The lowest BCUT2D eigenvalue weighted by atomic mass is 9.97. The van der Waals surface area contributed by atoms with E-state index in [2.05, 4.69) is 5.32 Å². The normalized spacial score (nSPS) is 13.0. The average molecular weight is 363 g/mol. The number of ether oxygens (including phenoxy) is 2. The van der Waals surface area contributed by atoms with Gasteiger partial charge in [-0.3, -0.25) is 4.79 Å². The molecule has 0 radical (unpaired) electrons.